The highest BCUT2D eigenvalue weighted by atomic mass is 127. The van der Waals surface area contributed by atoms with Crippen LogP contribution in [-0.4, -0.2) is 19.1 Å². The highest BCUT2D eigenvalue weighted by Crippen LogP contribution is 2.35. The van der Waals surface area contributed by atoms with Crippen molar-refractivity contribution < 1.29 is 4.74 Å². The van der Waals surface area contributed by atoms with Crippen molar-refractivity contribution in [2.24, 2.45) is 5.41 Å². The summed E-state index contributed by atoms with van der Waals surface area (Å²) in [7, 11) is 0. The Morgan fingerprint density at radius 3 is 2.38 bits per heavy atom. The van der Waals surface area contributed by atoms with Crippen LogP contribution in [-0.2, 0) is 11.2 Å². The fourth-order valence-electron chi connectivity index (χ4n) is 2.20. The largest absolute Gasteiger partial charge is 0.381 e. The first-order valence-corrected chi connectivity index (χ1v) is 7.24. The average Bonchev–Trinajstić information content (AvgIpc) is 2.33. The first-order valence-electron chi connectivity index (χ1n) is 5.62. The Balaban J connectivity index is 2.08. The quantitative estimate of drug-likeness (QED) is 0.594. The number of ether oxygens (including phenoxy) is 1. The third-order valence-electron chi connectivity index (χ3n) is 3.33. The van der Waals surface area contributed by atoms with Gasteiger partial charge in [-0.25, -0.2) is 0 Å². The smallest absolute Gasteiger partial charge is 0.0471 e. The molecule has 0 aliphatic carbocycles. The summed E-state index contributed by atoms with van der Waals surface area (Å²) in [6, 6.07) is 8.76. The Morgan fingerprint density at radius 1 is 1.19 bits per heavy atom. The summed E-state index contributed by atoms with van der Waals surface area (Å²) in [6.45, 7) is 1.72. The van der Waals surface area contributed by atoms with E-state index in [0.29, 0.717) is 0 Å². The molecule has 0 saturated carbocycles. The van der Waals surface area contributed by atoms with E-state index in [1.165, 1.54) is 9.13 Å². The molecule has 1 aromatic rings. The molecule has 0 spiro atoms. The molecule has 3 heteroatoms. The van der Waals surface area contributed by atoms with Crippen LogP contribution in [0.15, 0.2) is 24.3 Å². The third-order valence-corrected chi connectivity index (χ3v) is 4.62. The molecule has 0 radical (unpaired) electrons. The van der Waals surface area contributed by atoms with Gasteiger partial charge in [0.2, 0.25) is 0 Å². The van der Waals surface area contributed by atoms with Gasteiger partial charge < -0.3 is 4.74 Å². The number of benzene rings is 1. The Kier molecular flexibility index (Phi) is 4.50. The molecule has 0 atom stereocenters. The lowest BCUT2D eigenvalue weighted by Gasteiger charge is -2.35. The zero-order valence-electron chi connectivity index (χ0n) is 9.22. The Morgan fingerprint density at radius 2 is 1.81 bits per heavy atom. The summed E-state index contributed by atoms with van der Waals surface area (Å²) in [4.78, 5) is 0. The van der Waals surface area contributed by atoms with Crippen LogP contribution in [0.2, 0.25) is 0 Å². The number of hydrogen-bond acceptors (Lipinski definition) is 1. The van der Waals surface area contributed by atoms with E-state index in [9.17, 15) is 0 Å². The van der Waals surface area contributed by atoms with Crippen LogP contribution in [0.25, 0.3) is 0 Å². The van der Waals surface area contributed by atoms with Gasteiger partial charge in [0.25, 0.3) is 0 Å². The van der Waals surface area contributed by atoms with Gasteiger partial charge in [-0.05, 0) is 65.0 Å². The van der Waals surface area contributed by atoms with E-state index in [4.69, 9.17) is 16.3 Å². The lowest BCUT2D eigenvalue weighted by Crippen LogP contribution is -2.33. The van der Waals surface area contributed by atoms with Gasteiger partial charge in [0.05, 0.1) is 0 Å². The summed E-state index contributed by atoms with van der Waals surface area (Å²) < 4.78 is 6.71. The lowest BCUT2D eigenvalue weighted by molar-refractivity contribution is 0.0258. The second kappa shape index (κ2) is 5.69. The predicted octanol–water partition coefficient (Wildman–Crippen LogP) is 3.87. The van der Waals surface area contributed by atoms with E-state index < -0.39 is 0 Å². The molecule has 1 heterocycles. The molecule has 1 aliphatic rings. The van der Waals surface area contributed by atoms with Crippen molar-refractivity contribution in [2.75, 3.05) is 19.1 Å². The van der Waals surface area contributed by atoms with Crippen molar-refractivity contribution in [3.8, 4) is 0 Å². The predicted molar refractivity (Wildman–Crippen MR) is 76.1 cm³/mol. The molecule has 1 aliphatic heterocycles. The monoisotopic (exact) mass is 350 g/mol. The average molecular weight is 351 g/mol. The number of halogens is 2. The minimum Gasteiger partial charge on any atom is -0.381 e. The van der Waals surface area contributed by atoms with Gasteiger partial charge >= 0.3 is 0 Å². The van der Waals surface area contributed by atoms with Crippen molar-refractivity contribution in [3.05, 3.63) is 33.4 Å². The highest BCUT2D eigenvalue weighted by Gasteiger charge is 2.31. The van der Waals surface area contributed by atoms with Crippen molar-refractivity contribution >= 4 is 34.2 Å². The zero-order chi connectivity index (χ0) is 11.4. The van der Waals surface area contributed by atoms with Crippen LogP contribution in [0.3, 0.4) is 0 Å². The van der Waals surface area contributed by atoms with Crippen molar-refractivity contribution in [1.82, 2.24) is 0 Å². The second-order valence-electron chi connectivity index (χ2n) is 4.55. The third kappa shape index (κ3) is 3.11. The Bertz CT molecular complexity index is 330. The van der Waals surface area contributed by atoms with E-state index in [-0.39, 0.29) is 5.41 Å². The Labute approximate surface area is 116 Å². The van der Waals surface area contributed by atoms with Crippen LogP contribution in [0, 0.1) is 8.99 Å². The number of alkyl halides is 1. The van der Waals surface area contributed by atoms with Crippen LogP contribution >= 0.6 is 34.2 Å². The normalized spacial score (nSPS) is 19.6. The van der Waals surface area contributed by atoms with Gasteiger partial charge in [0.15, 0.2) is 0 Å². The highest BCUT2D eigenvalue weighted by molar-refractivity contribution is 14.1. The van der Waals surface area contributed by atoms with E-state index in [2.05, 4.69) is 46.9 Å². The molecule has 0 amide bonds. The molecule has 0 aromatic heterocycles. The molecular formula is C13H16ClIO. The minimum absolute atomic E-state index is 0.257. The molecule has 0 bridgehead atoms. The van der Waals surface area contributed by atoms with Crippen molar-refractivity contribution in [2.45, 2.75) is 19.3 Å². The van der Waals surface area contributed by atoms with E-state index in [1.807, 2.05) is 0 Å². The molecule has 1 saturated heterocycles. The fourth-order valence-corrected chi connectivity index (χ4v) is 2.92. The van der Waals surface area contributed by atoms with E-state index >= 15 is 0 Å². The zero-order valence-corrected chi connectivity index (χ0v) is 12.1. The van der Waals surface area contributed by atoms with Crippen molar-refractivity contribution in [3.63, 3.8) is 0 Å². The summed E-state index contributed by atoms with van der Waals surface area (Å²) in [5.41, 5.74) is 1.65. The van der Waals surface area contributed by atoms with E-state index in [0.717, 1.165) is 38.4 Å². The second-order valence-corrected chi connectivity index (χ2v) is 6.06. The van der Waals surface area contributed by atoms with Crippen LogP contribution in [0.1, 0.15) is 18.4 Å². The first-order chi connectivity index (χ1) is 7.74. The number of hydrogen-bond donors (Lipinski definition) is 0. The summed E-state index contributed by atoms with van der Waals surface area (Å²) >= 11 is 8.50. The maximum atomic E-state index is 6.16. The molecule has 2 rings (SSSR count). The van der Waals surface area contributed by atoms with Crippen molar-refractivity contribution in [1.29, 1.82) is 0 Å². The van der Waals surface area contributed by atoms with Gasteiger partial charge in [-0.15, -0.1) is 11.6 Å². The number of rotatable bonds is 3. The summed E-state index contributed by atoms with van der Waals surface area (Å²) in [5, 5.41) is 0. The van der Waals surface area contributed by atoms with Gasteiger partial charge in [-0.1, -0.05) is 12.1 Å². The molecule has 1 fully saturated rings. The standard InChI is InChI=1S/C13H16ClIO/c14-10-13(5-7-16-8-6-13)9-11-1-3-12(15)4-2-11/h1-4H,5-10H2. The lowest BCUT2D eigenvalue weighted by atomic mass is 9.77. The molecule has 1 nitrogen and oxygen atoms in total. The molecular weight excluding hydrogens is 334 g/mol. The fraction of sp³-hybridized carbons (Fsp3) is 0.538. The van der Waals surface area contributed by atoms with E-state index in [1.54, 1.807) is 0 Å². The Hall–Kier alpha value is 0.200. The van der Waals surface area contributed by atoms with Crippen LogP contribution < -0.4 is 0 Å². The molecule has 88 valence electrons. The minimum atomic E-state index is 0.257. The molecule has 0 N–H and O–H groups in total. The van der Waals surface area contributed by atoms with Gasteiger partial charge in [0, 0.05) is 22.7 Å². The van der Waals surface area contributed by atoms with Gasteiger partial charge in [-0.2, -0.15) is 0 Å². The molecule has 1 aromatic carbocycles. The maximum absolute atomic E-state index is 6.16. The first kappa shape index (κ1) is 12.7. The molecule has 16 heavy (non-hydrogen) atoms. The summed E-state index contributed by atoms with van der Waals surface area (Å²) in [5.74, 6) is 0.738. The maximum Gasteiger partial charge on any atom is 0.0471 e. The topological polar surface area (TPSA) is 9.23 Å². The van der Waals surface area contributed by atoms with Gasteiger partial charge in [0.1, 0.15) is 0 Å². The SMILES string of the molecule is ClCC1(Cc2ccc(I)cc2)CCOCC1. The molecule has 0 unspecified atom stereocenters. The van der Waals surface area contributed by atoms with Crippen LogP contribution in [0.5, 0.6) is 0 Å². The van der Waals surface area contributed by atoms with Crippen LogP contribution in [0.4, 0.5) is 0 Å². The summed E-state index contributed by atoms with van der Waals surface area (Å²) in [6.07, 6.45) is 3.25. The van der Waals surface area contributed by atoms with Gasteiger partial charge in [-0.3, -0.25) is 0 Å².